The van der Waals surface area contributed by atoms with E-state index in [1.807, 2.05) is 20.8 Å². The molecule has 1 aliphatic heterocycles. The van der Waals surface area contributed by atoms with E-state index in [0.717, 1.165) is 12.8 Å². The maximum Gasteiger partial charge on any atom is 0.190 e. The van der Waals surface area contributed by atoms with Crippen molar-refractivity contribution in [1.82, 2.24) is 0 Å². The van der Waals surface area contributed by atoms with Gasteiger partial charge in [0, 0.05) is 6.42 Å². The number of ether oxygens (including phenoxy) is 1. The number of hydrogen-bond acceptors (Lipinski definition) is 3. The summed E-state index contributed by atoms with van der Waals surface area (Å²) < 4.78 is 5.34. The van der Waals surface area contributed by atoms with Crippen molar-refractivity contribution in [3.05, 3.63) is 0 Å². The van der Waals surface area contributed by atoms with Crippen LogP contribution in [0.15, 0.2) is 0 Å². The summed E-state index contributed by atoms with van der Waals surface area (Å²) in [5, 5.41) is 0. The predicted octanol–water partition coefficient (Wildman–Crippen LogP) is 1.87. The van der Waals surface area contributed by atoms with Crippen molar-refractivity contribution >= 4 is 0 Å². The van der Waals surface area contributed by atoms with Crippen LogP contribution in [0.2, 0.25) is 0 Å². The van der Waals surface area contributed by atoms with Crippen molar-refractivity contribution < 1.29 is 14.5 Å². The molecule has 1 rings (SSSR count). The molecule has 0 spiro atoms. The summed E-state index contributed by atoms with van der Waals surface area (Å²) in [4.78, 5) is 10.2. The van der Waals surface area contributed by atoms with Gasteiger partial charge in [-0.3, -0.25) is 0 Å². The van der Waals surface area contributed by atoms with Crippen molar-refractivity contribution in [1.29, 1.82) is 0 Å². The van der Waals surface area contributed by atoms with Crippen molar-refractivity contribution in [2.24, 2.45) is 0 Å². The fraction of sp³-hybridized carbons (Fsp3) is 1.00. The minimum Gasteiger partial charge on any atom is -0.350 e. The van der Waals surface area contributed by atoms with Gasteiger partial charge >= 0.3 is 0 Å². The first-order chi connectivity index (χ1) is 5.14. The van der Waals surface area contributed by atoms with Gasteiger partial charge in [-0.2, -0.15) is 0 Å². The first-order valence-electron chi connectivity index (χ1n) is 4.10. The standard InChI is InChI=1S/C8H16O3/c1-4-7-9-6-5-8(2,3)11-10-7/h7H,4-6H2,1-3H3. The fourth-order valence-electron chi connectivity index (χ4n) is 0.875. The zero-order valence-corrected chi connectivity index (χ0v) is 7.42. The summed E-state index contributed by atoms with van der Waals surface area (Å²) in [6.07, 6.45) is 1.52. The topological polar surface area (TPSA) is 27.7 Å². The number of hydrogen-bond donors (Lipinski definition) is 0. The third-order valence-electron chi connectivity index (χ3n) is 1.72. The molecule has 0 amide bonds. The Morgan fingerprint density at radius 2 is 2.18 bits per heavy atom. The second-order valence-electron chi connectivity index (χ2n) is 3.40. The number of rotatable bonds is 1. The summed E-state index contributed by atoms with van der Waals surface area (Å²) in [6, 6.07) is 0. The Bertz CT molecular complexity index is 123. The minimum absolute atomic E-state index is 0.184. The largest absolute Gasteiger partial charge is 0.350 e. The maximum atomic E-state index is 5.34. The van der Waals surface area contributed by atoms with Gasteiger partial charge in [0.2, 0.25) is 0 Å². The lowest BCUT2D eigenvalue weighted by Crippen LogP contribution is -2.24. The Hall–Kier alpha value is -0.120. The summed E-state index contributed by atoms with van der Waals surface area (Å²) in [5.41, 5.74) is -0.204. The molecule has 0 radical (unpaired) electrons. The average Bonchev–Trinajstić information content (AvgIpc) is 2.10. The van der Waals surface area contributed by atoms with E-state index in [-0.39, 0.29) is 11.9 Å². The summed E-state index contributed by atoms with van der Waals surface area (Å²) in [5.74, 6) is 0. The van der Waals surface area contributed by atoms with Crippen LogP contribution in [0.3, 0.4) is 0 Å². The lowest BCUT2D eigenvalue weighted by atomic mass is 10.1. The van der Waals surface area contributed by atoms with E-state index in [4.69, 9.17) is 14.5 Å². The highest BCUT2D eigenvalue weighted by Crippen LogP contribution is 2.20. The van der Waals surface area contributed by atoms with Crippen LogP contribution < -0.4 is 0 Å². The fourth-order valence-corrected chi connectivity index (χ4v) is 0.875. The average molecular weight is 160 g/mol. The molecule has 0 aromatic heterocycles. The zero-order chi connectivity index (χ0) is 8.32. The third-order valence-corrected chi connectivity index (χ3v) is 1.72. The van der Waals surface area contributed by atoms with E-state index in [9.17, 15) is 0 Å². The molecule has 1 saturated heterocycles. The minimum atomic E-state index is -0.204. The Balaban J connectivity index is 2.39. The van der Waals surface area contributed by atoms with Crippen LogP contribution in [0.1, 0.15) is 33.6 Å². The van der Waals surface area contributed by atoms with Crippen LogP contribution >= 0.6 is 0 Å². The molecule has 0 aromatic rings. The van der Waals surface area contributed by atoms with E-state index >= 15 is 0 Å². The predicted molar refractivity (Wildman–Crippen MR) is 40.9 cm³/mol. The highest BCUT2D eigenvalue weighted by Gasteiger charge is 2.25. The summed E-state index contributed by atoms with van der Waals surface area (Å²) in [7, 11) is 0. The molecule has 66 valence electrons. The Labute approximate surface area is 67.6 Å². The maximum absolute atomic E-state index is 5.34. The molecule has 1 atom stereocenters. The van der Waals surface area contributed by atoms with Crippen molar-refractivity contribution in [3.8, 4) is 0 Å². The molecule has 3 nitrogen and oxygen atoms in total. The van der Waals surface area contributed by atoms with Crippen LogP contribution in [-0.2, 0) is 14.5 Å². The van der Waals surface area contributed by atoms with Crippen molar-refractivity contribution in [3.63, 3.8) is 0 Å². The Morgan fingerprint density at radius 1 is 1.45 bits per heavy atom. The second-order valence-corrected chi connectivity index (χ2v) is 3.40. The molecule has 0 saturated carbocycles. The molecule has 0 N–H and O–H groups in total. The molecular weight excluding hydrogens is 144 g/mol. The quantitative estimate of drug-likeness (QED) is 0.548. The molecule has 1 fully saturated rings. The first kappa shape index (κ1) is 8.97. The van der Waals surface area contributed by atoms with Gasteiger partial charge in [0.1, 0.15) is 5.60 Å². The van der Waals surface area contributed by atoms with Gasteiger partial charge in [0.25, 0.3) is 0 Å². The van der Waals surface area contributed by atoms with E-state index in [1.54, 1.807) is 0 Å². The van der Waals surface area contributed by atoms with Crippen LogP contribution in [-0.4, -0.2) is 18.5 Å². The molecule has 0 aliphatic carbocycles. The van der Waals surface area contributed by atoms with Gasteiger partial charge in [-0.15, -0.1) is 0 Å². The summed E-state index contributed by atoms with van der Waals surface area (Å²) >= 11 is 0. The molecule has 1 aliphatic rings. The van der Waals surface area contributed by atoms with Crippen LogP contribution in [0.5, 0.6) is 0 Å². The Morgan fingerprint density at radius 3 is 2.82 bits per heavy atom. The van der Waals surface area contributed by atoms with E-state index in [2.05, 4.69) is 0 Å². The normalized spacial score (nSPS) is 31.4. The SMILES string of the molecule is CCC1OCCC(C)(C)OO1. The van der Waals surface area contributed by atoms with E-state index < -0.39 is 0 Å². The highest BCUT2D eigenvalue weighted by molar-refractivity contribution is 4.67. The van der Waals surface area contributed by atoms with Crippen LogP contribution in [0.4, 0.5) is 0 Å². The van der Waals surface area contributed by atoms with E-state index in [0.29, 0.717) is 6.61 Å². The zero-order valence-electron chi connectivity index (χ0n) is 7.42. The van der Waals surface area contributed by atoms with Gasteiger partial charge in [-0.25, -0.2) is 9.78 Å². The van der Waals surface area contributed by atoms with Gasteiger partial charge < -0.3 is 4.74 Å². The van der Waals surface area contributed by atoms with Crippen LogP contribution in [0.25, 0.3) is 0 Å². The second kappa shape index (κ2) is 3.52. The van der Waals surface area contributed by atoms with Gasteiger partial charge in [-0.05, 0) is 20.3 Å². The monoisotopic (exact) mass is 160 g/mol. The molecule has 3 heteroatoms. The Kier molecular flexibility index (Phi) is 2.87. The van der Waals surface area contributed by atoms with Gasteiger partial charge in [0.05, 0.1) is 6.61 Å². The van der Waals surface area contributed by atoms with Crippen LogP contribution in [0, 0.1) is 0 Å². The molecule has 1 unspecified atom stereocenters. The molecule has 0 bridgehead atoms. The summed E-state index contributed by atoms with van der Waals surface area (Å²) in [6.45, 7) is 6.71. The molecule has 1 heterocycles. The first-order valence-corrected chi connectivity index (χ1v) is 4.10. The van der Waals surface area contributed by atoms with Crippen molar-refractivity contribution in [2.75, 3.05) is 6.61 Å². The third kappa shape index (κ3) is 2.77. The lowest BCUT2D eigenvalue weighted by Gasteiger charge is -2.19. The van der Waals surface area contributed by atoms with E-state index in [1.165, 1.54) is 0 Å². The molecular formula is C8H16O3. The molecule has 11 heavy (non-hydrogen) atoms. The van der Waals surface area contributed by atoms with Gasteiger partial charge in [0.15, 0.2) is 6.29 Å². The van der Waals surface area contributed by atoms with Gasteiger partial charge in [-0.1, -0.05) is 6.92 Å². The smallest absolute Gasteiger partial charge is 0.190 e. The molecule has 0 aromatic carbocycles. The van der Waals surface area contributed by atoms with Crippen molar-refractivity contribution in [2.45, 2.75) is 45.5 Å². The highest BCUT2D eigenvalue weighted by atomic mass is 17.2. The lowest BCUT2D eigenvalue weighted by molar-refractivity contribution is -0.401.